The number of rotatable bonds is 10. The van der Waals surface area contributed by atoms with Gasteiger partial charge in [0.05, 0.1) is 18.9 Å². The van der Waals surface area contributed by atoms with Gasteiger partial charge < -0.3 is 14.4 Å². The predicted molar refractivity (Wildman–Crippen MR) is 145 cm³/mol. The Balaban J connectivity index is 1.42. The van der Waals surface area contributed by atoms with Crippen molar-refractivity contribution in [2.24, 2.45) is 0 Å². The van der Waals surface area contributed by atoms with Gasteiger partial charge in [0.1, 0.15) is 16.4 Å². The number of aryl methyl sites for hydroxylation is 2. The van der Waals surface area contributed by atoms with Crippen LogP contribution >= 0.6 is 23.1 Å². The number of thioether (sulfide) groups is 1. The Morgan fingerprint density at radius 3 is 2.69 bits per heavy atom. The van der Waals surface area contributed by atoms with E-state index in [1.54, 1.807) is 23.1 Å². The van der Waals surface area contributed by atoms with E-state index in [1.807, 2.05) is 38.1 Å². The summed E-state index contributed by atoms with van der Waals surface area (Å²) in [5.74, 6) is 1.10. The van der Waals surface area contributed by atoms with Crippen LogP contribution in [0.3, 0.4) is 0 Å². The number of anilines is 2. The Bertz CT molecular complexity index is 1130. The monoisotopic (exact) mass is 527 g/mol. The number of aromatic nitrogens is 3. The molecule has 1 aliphatic heterocycles. The summed E-state index contributed by atoms with van der Waals surface area (Å²) in [4.78, 5) is 19.8. The standard InChI is InChI=1S/C26H33N5O3S2/c1-4-23-29-30-25(36-23)35-18-20-16-21(31-12-14-33-15-13-31)17-22(27-20)28-24(32)34-26(2,3)11-10-19-8-6-5-7-9-19/h5-9,16-17H,4,10-15,18H2,1-3H3,(H,27,28,32). The molecule has 4 rings (SSSR count). The van der Waals surface area contributed by atoms with Crippen LogP contribution in [0.5, 0.6) is 0 Å². The van der Waals surface area contributed by atoms with Crippen molar-refractivity contribution in [1.29, 1.82) is 0 Å². The fraction of sp³-hybridized carbons (Fsp3) is 0.462. The summed E-state index contributed by atoms with van der Waals surface area (Å²) in [5, 5.41) is 12.3. The van der Waals surface area contributed by atoms with Crippen molar-refractivity contribution in [2.45, 2.75) is 55.7 Å². The van der Waals surface area contributed by atoms with Crippen LogP contribution in [0, 0.1) is 0 Å². The van der Waals surface area contributed by atoms with E-state index >= 15 is 0 Å². The average Bonchev–Trinajstić information content (AvgIpc) is 3.35. The van der Waals surface area contributed by atoms with Crippen LogP contribution in [0.1, 0.15) is 43.5 Å². The summed E-state index contributed by atoms with van der Waals surface area (Å²) in [7, 11) is 0. The Kier molecular flexibility index (Phi) is 9.17. The number of nitrogens with one attached hydrogen (secondary N) is 1. The minimum Gasteiger partial charge on any atom is -0.443 e. The van der Waals surface area contributed by atoms with Gasteiger partial charge in [0.15, 0.2) is 4.34 Å². The summed E-state index contributed by atoms with van der Waals surface area (Å²) in [5.41, 5.74) is 2.47. The molecule has 36 heavy (non-hydrogen) atoms. The van der Waals surface area contributed by atoms with Crippen molar-refractivity contribution >= 4 is 40.7 Å². The number of nitrogens with zero attached hydrogens (tertiary/aromatic N) is 4. The molecule has 0 bridgehead atoms. The molecule has 1 N–H and O–H groups in total. The number of hydrogen-bond acceptors (Lipinski definition) is 9. The molecule has 1 saturated heterocycles. The molecule has 0 unspecified atom stereocenters. The molecule has 0 aliphatic carbocycles. The number of carbonyl (C=O) groups excluding carboxylic acids is 1. The number of ether oxygens (including phenoxy) is 2. The van der Waals surface area contributed by atoms with E-state index in [0.717, 1.165) is 53.1 Å². The van der Waals surface area contributed by atoms with E-state index in [-0.39, 0.29) is 0 Å². The first kappa shape index (κ1) is 26.4. The zero-order valence-electron chi connectivity index (χ0n) is 21.0. The van der Waals surface area contributed by atoms with Crippen LogP contribution in [0.25, 0.3) is 0 Å². The molecular weight excluding hydrogens is 494 g/mol. The third-order valence-electron chi connectivity index (χ3n) is 5.79. The lowest BCUT2D eigenvalue weighted by Crippen LogP contribution is -2.36. The highest BCUT2D eigenvalue weighted by Gasteiger charge is 2.24. The van der Waals surface area contributed by atoms with Gasteiger partial charge in [0.25, 0.3) is 0 Å². The molecule has 0 saturated carbocycles. The number of carbonyl (C=O) groups is 1. The van der Waals surface area contributed by atoms with Gasteiger partial charge in [-0.2, -0.15) is 0 Å². The van der Waals surface area contributed by atoms with Gasteiger partial charge in [0, 0.05) is 30.6 Å². The first-order valence-corrected chi connectivity index (χ1v) is 14.0. The maximum absolute atomic E-state index is 12.8. The van der Waals surface area contributed by atoms with Gasteiger partial charge in [-0.3, -0.25) is 5.32 Å². The smallest absolute Gasteiger partial charge is 0.413 e. The second kappa shape index (κ2) is 12.5. The summed E-state index contributed by atoms with van der Waals surface area (Å²) < 4.78 is 12.2. The second-order valence-electron chi connectivity index (χ2n) is 9.17. The SMILES string of the molecule is CCc1nnc(SCc2cc(N3CCOCC3)cc(NC(=O)OC(C)(C)CCc3ccccc3)n2)s1. The highest BCUT2D eigenvalue weighted by Crippen LogP contribution is 2.29. The number of amides is 1. The summed E-state index contributed by atoms with van der Waals surface area (Å²) in [6.07, 6.45) is 1.92. The molecule has 3 aromatic rings. The Labute approximate surface area is 220 Å². The van der Waals surface area contributed by atoms with Gasteiger partial charge in [-0.15, -0.1) is 10.2 Å². The van der Waals surface area contributed by atoms with Gasteiger partial charge in [-0.25, -0.2) is 9.78 Å². The van der Waals surface area contributed by atoms with Crippen LogP contribution in [0.4, 0.5) is 16.3 Å². The van der Waals surface area contributed by atoms with Crippen LogP contribution in [-0.2, 0) is 28.1 Å². The maximum Gasteiger partial charge on any atom is 0.413 e. The fourth-order valence-corrected chi connectivity index (χ4v) is 5.54. The number of morpholine rings is 1. The zero-order valence-corrected chi connectivity index (χ0v) is 22.7. The van der Waals surface area contributed by atoms with Crippen LogP contribution in [0.2, 0.25) is 0 Å². The minimum atomic E-state index is -0.616. The van der Waals surface area contributed by atoms with Gasteiger partial charge >= 0.3 is 6.09 Å². The average molecular weight is 528 g/mol. The van der Waals surface area contributed by atoms with E-state index < -0.39 is 11.7 Å². The van der Waals surface area contributed by atoms with Crippen molar-refractivity contribution in [2.75, 3.05) is 36.5 Å². The largest absolute Gasteiger partial charge is 0.443 e. The van der Waals surface area contributed by atoms with E-state index in [0.29, 0.717) is 24.8 Å². The lowest BCUT2D eigenvalue weighted by Gasteiger charge is -2.29. The van der Waals surface area contributed by atoms with Crippen molar-refractivity contribution in [3.8, 4) is 0 Å². The summed E-state index contributed by atoms with van der Waals surface area (Å²) >= 11 is 3.21. The second-order valence-corrected chi connectivity index (χ2v) is 11.4. The van der Waals surface area contributed by atoms with E-state index in [9.17, 15) is 4.79 Å². The molecule has 1 aromatic carbocycles. The predicted octanol–water partition coefficient (Wildman–Crippen LogP) is 5.58. The quantitative estimate of drug-likeness (QED) is 0.342. The Hall–Kier alpha value is -2.69. The van der Waals surface area contributed by atoms with Crippen molar-refractivity contribution in [3.05, 3.63) is 58.7 Å². The third-order valence-corrected chi connectivity index (χ3v) is 8.03. The maximum atomic E-state index is 12.8. The van der Waals surface area contributed by atoms with Crippen LogP contribution in [-0.4, -0.2) is 53.2 Å². The Morgan fingerprint density at radius 2 is 1.97 bits per heavy atom. The van der Waals surface area contributed by atoms with Crippen LogP contribution in [0.15, 0.2) is 46.8 Å². The van der Waals surface area contributed by atoms with E-state index in [4.69, 9.17) is 14.5 Å². The summed E-state index contributed by atoms with van der Waals surface area (Å²) in [6.45, 7) is 8.88. The van der Waals surface area contributed by atoms with E-state index in [1.165, 1.54) is 5.56 Å². The molecule has 3 heterocycles. The van der Waals surface area contributed by atoms with Gasteiger partial charge in [-0.1, -0.05) is 60.4 Å². The minimum absolute atomic E-state index is 0.477. The highest BCUT2D eigenvalue weighted by molar-refractivity contribution is 8.00. The number of benzene rings is 1. The van der Waals surface area contributed by atoms with Crippen molar-refractivity contribution < 1.29 is 14.3 Å². The van der Waals surface area contributed by atoms with Gasteiger partial charge in [0.2, 0.25) is 0 Å². The summed E-state index contributed by atoms with van der Waals surface area (Å²) in [6, 6.07) is 14.2. The van der Waals surface area contributed by atoms with Gasteiger partial charge in [-0.05, 0) is 44.7 Å². The lowest BCUT2D eigenvalue weighted by molar-refractivity contribution is 0.0426. The molecule has 1 fully saturated rings. The van der Waals surface area contributed by atoms with Crippen LogP contribution < -0.4 is 10.2 Å². The molecule has 192 valence electrons. The molecule has 1 aliphatic rings. The third kappa shape index (κ3) is 7.91. The number of hydrogen-bond donors (Lipinski definition) is 1. The zero-order chi connectivity index (χ0) is 25.4. The van der Waals surface area contributed by atoms with E-state index in [2.05, 4.69) is 45.5 Å². The highest BCUT2D eigenvalue weighted by atomic mass is 32.2. The fourth-order valence-electron chi connectivity index (χ4n) is 3.81. The topological polar surface area (TPSA) is 89.5 Å². The molecule has 0 spiro atoms. The molecule has 8 nitrogen and oxygen atoms in total. The molecule has 2 aromatic heterocycles. The number of pyridine rings is 1. The lowest BCUT2D eigenvalue weighted by atomic mass is 9.99. The molecule has 0 atom stereocenters. The first-order valence-electron chi connectivity index (χ1n) is 12.2. The Morgan fingerprint density at radius 1 is 1.19 bits per heavy atom. The molecule has 0 radical (unpaired) electrons. The first-order chi connectivity index (χ1) is 17.4. The molecule has 10 heteroatoms. The van der Waals surface area contributed by atoms with Crippen molar-refractivity contribution in [3.63, 3.8) is 0 Å². The molecule has 1 amide bonds. The normalized spacial score (nSPS) is 14.0. The van der Waals surface area contributed by atoms with Crippen molar-refractivity contribution in [1.82, 2.24) is 15.2 Å². The molecular formula is C26H33N5O3S2.